The monoisotopic (exact) mass is 510 g/mol. The molecule has 37 heavy (non-hydrogen) atoms. The van der Waals surface area contributed by atoms with Crippen LogP contribution in [0.4, 0.5) is 0 Å². The molecule has 0 spiro atoms. The fourth-order valence-corrected chi connectivity index (χ4v) is 4.64. The Morgan fingerprint density at radius 1 is 1.05 bits per heavy atom. The van der Waals surface area contributed by atoms with Crippen molar-refractivity contribution in [2.45, 2.75) is 45.9 Å². The average molecular weight is 511 g/mol. The summed E-state index contributed by atoms with van der Waals surface area (Å²) in [5.41, 5.74) is 2.31. The van der Waals surface area contributed by atoms with Crippen LogP contribution in [0, 0.1) is 25.0 Å². The van der Waals surface area contributed by atoms with Crippen molar-refractivity contribution in [3.63, 3.8) is 0 Å². The third-order valence-electron chi connectivity index (χ3n) is 6.57. The summed E-state index contributed by atoms with van der Waals surface area (Å²) in [6.07, 6.45) is 0. The van der Waals surface area contributed by atoms with Gasteiger partial charge in [-0.2, -0.15) is 0 Å². The number of aromatic hydroxyl groups is 1. The van der Waals surface area contributed by atoms with Gasteiger partial charge in [0.2, 0.25) is 5.75 Å². The predicted octanol–water partition coefficient (Wildman–Crippen LogP) is 3.09. The van der Waals surface area contributed by atoms with Crippen LogP contribution in [0.2, 0.25) is 0 Å². The molecule has 196 valence electrons. The van der Waals surface area contributed by atoms with Gasteiger partial charge in [0.15, 0.2) is 17.4 Å². The molecule has 10 heteroatoms. The number of carbonyl (C=O) groups is 2. The van der Waals surface area contributed by atoms with Crippen molar-refractivity contribution >= 4 is 11.9 Å². The summed E-state index contributed by atoms with van der Waals surface area (Å²) in [6.45, 7) is 6.69. The second kappa shape index (κ2) is 9.68. The average Bonchev–Trinajstić information content (AvgIpc) is 3.05. The summed E-state index contributed by atoms with van der Waals surface area (Å²) < 4.78 is 24.0. The first-order valence-corrected chi connectivity index (χ1v) is 11.7. The molecule has 1 aromatic heterocycles. The molecule has 10 nitrogen and oxygen atoms in total. The number of rotatable bonds is 7. The highest BCUT2D eigenvalue weighted by Crippen LogP contribution is 2.44. The van der Waals surface area contributed by atoms with Crippen molar-refractivity contribution in [1.29, 1.82) is 0 Å². The van der Waals surface area contributed by atoms with Crippen LogP contribution in [-0.2, 0) is 25.6 Å². The number of benzene rings is 2. The van der Waals surface area contributed by atoms with Gasteiger partial charge in [0.1, 0.15) is 23.9 Å². The molecule has 1 aliphatic heterocycles. The summed E-state index contributed by atoms with van der Waals surface area (Å²) in [5.74, 6) is -5.82. The number of hydrogen-bond acceptors (Lipinski definition) is 8. The number of aromatic nitrogens is 2. The zero-order valence-corrected chi connectivity index (χ0v) is 21.6. The molecule has 2 heterocycles. The quantitative estimate of drug-likeness (QED) is 0.223. The summed E-state index contributed by atoms with van der Waals surface area (Å²) in [5, 5.41) is 24.1. The number of phenolic OH excluding ortho intramolecular Hbond substituents is 1. The van der Waals surface area contributed by atoms with E-state index < -0.39 is 29.6 Å². The molecule has 4 rings (SSSR count). The van der Waals surface area contributed by atoms with E-state index in [4.69, 9.17) is 18.9 Å². The molecule has 0 radical (unpaired) electrons. The Bertz CT molecular complexity index is 1300. The third-order valence-corrected chi connectivity index (χ3v) is 6.57. The number of esters is 2. The normalized spacial score (nSPS) is 16.2. The topological polar surface area (TPSA) is 123 Å². The number of methoxy groups -OCH3 is 2. The molecule has 1 atom stereocenters. The van der Waals surface area contributed by atoms with Crippen LogP contribution in [0.25, 0.3) is 0 Å². The largest absolute Gasteiger partial charge is 0.711 e. The minimum absolute atomic E-state index is 0.0456. The Hall–Kier alpha value is -4.21. The first-order valence-electron chi connectivity index (χ1n) is 11.7. The van der Waals surface area contributed by atoms with Crippen molar-refractivity contribution in [2.75, 3.05) is 14.2 Å². The Balaban J connectivity index is 2.00. The second-order valence-electron chi connectivity index (χ2n) is 9.37. The fourth-order valence-electron chi connectivity index (χ4n) is 4.64. The van der Waals surface area contributed by atoms with Gasteiger partial charge >= 0.3 is 11.9 Å². The van der Waals surface area contributed by atoms with Crippen molar-refractivity contribution in [3.05, 3.63) is 76.0 Å². The van der Waals surface area contributed by atoms with Gasteiger partial charge in [-0.15, -0.1) is 0 Å². The molecule has 3 aromatic rings. The summed E-state index contributed by atoms with van der Waals surface area (Å²) in [7, 11) is 2.72. The van der Waals surface area contributed by atoms with Crippen molar-refractivity contribution in [1.82, 2.24) is 4.57 Å². The predicted molar refractivity (Wildman–Crippen MR) is 131 cm³/mol. The Labute approximate surface area is 214 Å². The lowest BCUT2D eigenvalue weighted by Crippen LogP contribution is -2.50. The maximum absolute atomic E-state index is 13.7. The molecular formula is C27H30N2O8. The number of cyclic esters (lactones) is 2. The lowest BCUT2D eigenvalue weighted by Gasteiger charge is -2.35. The molecule has 2 aromatic carbocycles. The van der Waals surface area contributed by atoms with E-state index in [1.165, 1.54) is 40.2 Å². The van der Waals surface area contributed by atoms with Crippen LogP contribution in [0.3, 0.4) is 0 Å². The molecule has 1 aliphatic rings. The van der Waals surface area contributed by atoms with E-state index in [1.54, 1.807) is 18.4 Å². The number of nitrogens with zero attached hydrogens (tertiary/aromatic N) is 2. The minimum Gasteiger partial charge on any atom is -0.711 e. The number of ether oxygens (including phenoxy) is 4. The lowest BCUT2D eigenvalue weighted by molar-refractivity contribution is -0.621. The van der Waals surface area contributed by atoms with Crippen LogP contribution in [0.5, 0.6) is 17.2 Å². The van der Waals surface area contributed by atoms with Gasteiger partial charge in [0.05, 0.1) is 14.2 Å². The number of imidazole rings is 1. The Morgan fingerprint density at radius 2 is 1.59 bits per heavy atom. The Morgan fingerprint density at radius 3 is 2.11 bits per heavy atom. The fraction of sp³-hybridized carbons (Fsp3) is 0.370. The molecule has 1 N–H and O–H groups in total. The molecule has 1 saturated heterocycles. The molecule has 1 fully saturated rings. The second-order valence-corrected chi connectivity index (χ2v) is 9.37. The van der Waals surface area contributed by atoms with Crippen molar-refractivity contribution < 1.29 is 38.4 Å². The minimum atomic E-state index is -1.50. The number of carbonyl (C=O) groups excluding carboxylic acids is 2. The van der Waals surface area contributed by atoms with Gasteiger partial charge in [-0.25, -0.2) is 9.30 Å². The van der Waals surface area contributed by atoms with Gasteiger partial charge in [-0.3, -0.25) is 9.59 Å². The van der Waals surface area contributed by atoms with Crippen LogP contribution in [-0.4, -0.2) is 41.6 Å². The van der Waals surface area contributed by atoms with E-state index in [2.05, 4.69) is 0 Å². The van der Waals surface area contributed by atoms with Gasteiger partial charge < -0.3 is 29.3 Å². The zero-order chi connectivity index (χ0) is 27.1. The first kappa shape index (κ1) is 25.9. The van der Waals surface area contributed by atoms with Crippen LogP contribution in [0.15, 0.2) is 42.5 Å². The van der Waals surface area contributed by atoms with Gasteiger partial charge in [-0.1, -0.05) is 30.3 Å². The molecule has 0 saturated carbocycles. The smallest absolute Gasteiger partial charge is 0.324 e. The molecule has 0 bridgehead atoms. The van der Waals surface area contributed by atoms with E-state index in [1.807, 2.05) is 30.3 Å². The van der Waals surface area contributed by atoms with Crippen molar-refractivity contribution in [3.8, 4) is 17.2 Å². The third kappa shape index (κ3) is 4.66. The van der Waals surface area contributed by atoms with Crippen molar-refractivity contribution in [2.24, 2.45) is 5.92 Å². The standard InChI is InChI=1S/C27H30N2O8/c1-15-16(2)29(33)24(28(15)14-17-10-8-7-9-11-17)21(22-25(31)36-27(3,4)37-26(22)32)18-12-19(34-5)23(30)20(13-18)35-6/h7-13,21-22,30H,14H2,1-6H3. The van der Waals surface area contributed by atoms with Gasteiger partial charge in [0.25, 0.3) is 11.6 Å². The van der Waals surface area contributed by atoms with E-state index in [9.17, 15) is 19.9 Å². The van der Waals surface area contributed by atoms with Crippen LogP contribution < -0.4 is 14.2 Å². The summed E-state index contributed by atoms with van der Waals surface area (Å²) in [4.78, 5) is 26.6. The van der Waals surface area contributed by atoms with Gasteiger partial charge in [0, 0.05) is 27.7 Å². The summed E-state index contributed by atoms with van der Waals surface area (Å²) >= 11 is 0. The van der Waals surface area contributed by atoms with Crippen LogP contribution in [0.1, 0.15) is 48.1 Å². The van der Waals surface area contributed by atoms with Gasteiger partial charge in [-0.05, 0) is 23.3 Å². The molecule has 0 amide bonds. The molecule has 1 unspecified atom stereocenters. The summed E-state index contributed by atoms with van der Waals surface area (Å²) in [6, 6.07) is 12.4. The highest BCUT2D eigenvalue weighted by Gasteiger charge is 2.52. The van der Waals surface area contributed by atoms with E-state index in [0.717, 1.165) is 10.3 Å². The van der Waals surface area contributed by atoms with Crippen LogP contribution >= 0.6 is 0 Å². The molecule has 0 aliphatic carbocycles. The maximum Gasteiger partial charge on any atom is 0.324 e. The zero-order valence-electron chi connectivity index (χ0n) is 21.6. The number of hydrogen-bond donors (Lipinski definition) is 1. The molecular weight excluding hydrogens is 480 g/mol. The first-order chi connectivity index (χ1) is 17.5. The lowest BCUT2D eigenvalue weighted by atomic mass is 9.83. The number of phenols is 1. The van der Waals surface area contributed by atoms with E-state index >= 15 is 0 Å². The maximum atomic E-state index is 13.7. The Kier molecular flexibility index (Phi) is 6.77. The van der Waals surface area contributed by atoms with E-state index in [-0.39, 0.29) is 23.1 Å². The van der Waals surface area contributed by atoms with E-state index in [0.29, 0.717) is 23.5 Å². The highest BCUT2D eigenvalue weighted by atomic mass is 16.7. The highest BCUT2D eigenvalue weighted by molar-refractivity contribution is 5.98. The SMILES string of the molecule is COc1cc(C(c2n(Cc3ccccc3)c(C)c(C)[n+]2[O-])C2C(=O)OC(C)(C)OC2=O)cc(OC)c1O.